The summed E-state index contributed by atoms with van der Waals surface area (Å²) in [7, 11) is 0. The molecule has 0 bridgehead atoms. The van der Waals surface area contributed by atoms with Gasteiger partial charge in [0.2, 0.25) is 5.62 Å². The van der Waals surface area contributed by atoms with Crippen LogP contribution in [0.5, 0.6) is 0 Å². The van der Waals surface area contributed by atoms with Crippen molar-refractivity contribution in [1.29, 1.82) is 0 Å². The number of hydrogen-bond acceptors (Lipinski definition) is 4. The molecule has 0 spiro atoms. The zero-order valence-electron chi connectivity index (χ0n) is 11.4. The van der Waals surface area contributed by atoms with Crippen LogP contribution in [0.1, 0.15) is 52.4 Å². The van der Waals surface area contributed by atoms with Crippen LogP contribution >= 0.6 is 17.0 Å². The van der Waals surface area contributed by atoms with Crippen LogP contribution < -0.4 is 5.09 Å². The van der Waals surface area contributed by atoms with Gasteiger partial charge in [0, 0.05) is 5.75 Å². The molecule has 0 heterocycles. The Morgan fingerprint density at radius 2 is 2.11 bits per heavy atom. The van der Waals surface area contributed by atoms with E-state index in [0.29, 0.717) is 12.6 Å². The van der Waals surface area contributed by atoms with E-state index in [9.17, 15) is 0 Å². The lowest BCUT2D eigenvalue weighted by atomic mass is 9.96. The van der Waals surface area contributed by atoms with Gasteiger partial charge in [-0.3, -0.25) is 4.99 Å². The average molecular weight is 308 g/mol. The van der Waals surface area contributed by atoms with Gasteiger partial charge in [-0.2, -0.15) is 0 Å². The standard InChI is InChI=1S/C12H25N2OPS2/c1-3-10-18-16(17,15-4-2)14-11-13-12-8-6-5-7-9-12/h11-12H,3-10H2,1-2H3,(H,13,14,17). The summed E-state index contributed by atoms with van der Waals surface area (Å²) in [5.74, 6) is 1.04. The van der Waals surface area contributed by atoms with Crippen LogP contribution in [0.4, 0.5) is 0 Å². The van der Waals surface area contributed by atoms with Gasteiger partial charge >= 0.3 is 0 Å². The van der Waals surface area contributed by atoms with Crippen molar-refractivity contribution >= 4 is 35.1 Å². The molecule has 3 nitrogen and oxygen atoms in total. The largest absolute Gasteiger partial charge is 0.327 e. The van der Waals surface area contributed by atoms with Crippen molar-refractivity contribution in [3.05, 3.63) is 0 Å². The lowest BCUT2D eigenvalue weighted by Gasteiger charge is -2.21. The molecule has 0 amide bonds. The van der Waals surface area contributed by atoms with Crippen LogP contribution in [0.15, 0.2) is 4.99 Å². The van der Waals surface area contributed by atoms with Gasteiger partial charge in [-0.1, -0.05) is 37.6 Å². The van der Waals surface area contributed by atoms with Gasteiger partial charge in [0.1, 0.15) is 0 Å². The van der Waals surface area contributed by atoms with E-state index in [0.717, 1.165) is 12.2 Å². The first kappa shape index (κ1) is 16.5. The maximum absolute atomic E-state index is 5.71. The third-order valence-corrected chi connectivity index (χ3v) is 8.58. The molecular formula is C12H25N2OPS2. The quantitative estimate of drug-likeness (QED) is 0.411. The molecule has 0 radical (unpaired) electrons. The fourth-order valence-electron chi connectivity index (χ4n) is 1.93. The monoisotopic (exact) mass is 308 g/mol. The highest BCUT2D eigenvalue weighted by molar-refractivity contribution is 8.68. The summed E-state index contributed by atoms with van der Waals surface area (Å²) in [6, 6.07) is 0.493. The second kappa shape index (κ2) is 9.35. The second-order valence-electron chi connectivity index (χ2n) is 4.45. The first-order valence-electron chi connectivity index (χ1n) is 6.88. The summed E-state index contributed by atoms with van der Waals surface area (Å²) in [4.78, 5) is 4.59. The van der Waals surface area contributed by atoms with Crippen LogP contribution in [0.3, 0.4) is 0 Å². The highest BCUT2D eigenvalue weighted by Crippen LogP contribution is 2.55. The SMILES string of the molecule is CCCSP(=S)(N/C=N/C1CCCCC1)OCC. The van der Waals surface area contributed by atoms with Crippen LogP contribution in [0, 0.1) is 0 Å². The van der Waals surface area contributed by atoms with Crippen LogP contribution in [-0.4, -0.2) is 24.7 Å². The predicted octanol–water partition coefficient (Wildman–Crippen LogP) is 4.34. The minimum atomic E-state index is -1.95. The Labute approximate surface area is 120 Å². The summed E-state index contributed by atoms with van der Waals surface area (Å²) in [5.41, 5.74) is -1.95. The van der Waals surface area contributed by atoms with E-state index >= 15 is 0 Å². The Morgan fingerprint density at radius 3 is 2.72 bits per heavy atom. The Kier molecular flexibility index (Phi) is 8.56. The molecule has 1 atom stereocenters. The first-order valence-corrected chi connectivity index (χ1v) is 11.2. The normalized spacial score (nSPS) is 21.0. The fourth-order valence-corrected chi connectivity index (χ4v) is 6.43. The molecule has 1 N–H and O–H groups in total. The van der Waals surface area contributed by atoms with E-state index in [4.69, 9.17) is 16.3 Å². The predicted molar refractivity (Wildman–Crippen MR) is 87.2 cm³/mol. The minimum Gasteiger partial charge on any atom is -0.327 e. The van der Waals surface area contributed by atoms with E-state index in [1.165, 1.54) is 32.1 Å². The highest BCUT2D eigenvalue weighted by Gasteiger charge is 2.16. The third-order valence-electron chi connectivity index (χ3n) is 2.84. The first-order chi connectivity index (χ1) is 8.70. The number of aliphatic imine (C=N–C) groups is 1. The summed E-state index contributed by atoms with van der Waals surface area (Å²) >= 11 is 7.32. The molecule has 0 aromatic rings. The van der Waals surface area contributed by atoms with Crippen LogP contribution in [-0.2, 0) is 16.3 Å². The lowest BCUT2D eigenvalue weighted by Crippen LogP contribution is -2.14. The minimum absolute atomic E-state index is 0.493. The van der Waals surface area contributed by atoms with Gasteiger partial charge in [-0.15, -0.1) is 0 Å². The molecule has 6 heteroatoms. The highest BCUT2D eigenvalue weighted by atomic mass is 32.9. The maximum Gasteiger partial charge on any atom is 0.211 e. The lowest BCUT2D eigenvalue weighted by molar-refractivity contribution is 0.383. The Morgan fingerprint density at radius 1 is 1.39 bits per heavy atom. The molecule has 1 fully saturated rings. The zero-order chi connectivity index (χ0) is 13.3. The topological polar surface area (TPSA) is 33.6 Å². The van der Waals surface area contributed by atoms with Gasteiger partial charge in [-0.25, -0.2) is 0 Å². The van der Waals surface area contributed by atoms with Crippen molar-refractivity contribution in [1.82, 2.24) is 5.09 Å². The number of nitrogens with one attached hydrogen (secondary N) is 1. The summed E-state index contributed by atoms with van der Waals surface area (Å²) in [5, 5.41) is 3.25. The van der Waals surface area contributed by atoms with Crippen molar-refractivity contribution in [3.8, 4) is 0 Å². The van der Waals surface area contributed by atoms with Crippen molar-refractivity contribution in [3.63, 3.8) is 0 Å². The van der Waals surface area contributed by atoms with Crippen LogP contribution in [0.25, 0.3) is 0 Å². The zero-order valence-corrected chi connectivity index (χ0v) is 14.0. The third kappa shape index (κ3) is 6.55. The Balaban J connectivity index is 2.39. The van der Waals surface area contributed by atoms with Crippen molar-refractivity contribution in [2.45, 2.75) is 58.4 Å². The van der Waals surface area contributed by atoms with Gasteiger partial charge in [-0.05, 0) is 38.0 Å². The Hall–Kier alpha value is 0.430. The maximum atomic E-state index is 5.71. The summed E-state index contributed by atoms with van der Waals surface area (Å²) < 4.78 is 5.71. The van der Waals surface area contributed by atoms with Gasteiger partial charge < -0.3 is 9.61 Å². The summed E-state index contributed by atoms with van der Waals surface area (Å²) in [6.07, 6.45) is 9.36. The van der Waals surface area contributed by atoms with Gasteiger partial charge in [0.05, 0.1) is 19.0 Å². The van der Waals surface area contributed by atoms with Crippen molar-refractivity contribution in [2.24, 2.45) is 4.99 Å². The van der Waals surface area contributed by atoms with Gasteiger partial charge in [0.15, 0.2) is 0 Å². The number of hydrogen-bond donors (Lipinski definition) is 1. The molecule has 1 aliphatic carbocycles. The van der Waals surface area contributed by atoms with Crippen molar-refractivity contribution in [2.75, 3.05) is 12.4 Å². The Bertz CT molecular complexity index is 294. The number of rotatable bonds is 8. The molecule has 0 aromatic heterocycles. The molecule has 1 unspecified atom stereocenters. The molecular weight excluding hydrogens is 283 g/mol. The average Bonchev–Trinajstić information content (AvgIpc) is 2.38. The number of nitrogens with zero attached hydrogens (tertiary/aromatic N) is 1. The molecule has 18 heavy (non-hydrogen) atoms. The molecule has 106 valence electrons. The van der Waals surface area contributed by atoms with E-state index in [1.54, 1.807) is 11.4 Å². The molecule has 1 rings (SSSR count). The van der Waals surface area contributed by atoms with E-state index in [2.05, 4.69) is 17.0 Å². The smallest absolute Gasteiger partial charge is 0.211 e. The van der Waals surface area contributed by atoms with Crippen molar-refractivity contribution < 1.29 is 4.52 Å². The summed E-state index contributed by atoms with van der Waals surface area (Å²) in [6.45, 7) is 4.82. The van der Waals surface area contributed by atoms with E-state index in [1.807, 2.05) is 13.3 Å². The molecule has 1 saturated carbocycles. The van der Waals surface area contributed by atoms with Gasteiger partial charge in [0.25, 0.3) is 0 Å². The molecule has 0 aliphatic heterocycles. The van der Waals surface area contributed by atoms with E-state index < -0.39 is 5.62 Å². The second-order valence-corrected chi connectivity index (χ2v) is 11.2. The molecule has 1 aliphatic rings. The molecule has 0 aromatic carbocycles. The molecule has 0 saturated heterocycles. The van der Waals surface area contributed by atoms with Crippen LogP contribution in [0.2, 0.25) is 0 Å². The van der Waals surface area contributed by atoms with E-state index in [-0.39, 0.29) is 0 Å². The fraction of sp³-hybridized carbons (Fsp3) is 0.917.